The van der Waals surface area contributed by atoms with Gasteiger partial charge in [0.2, 0.25) is 0 Å². The summed E-state index contributed by atoms with van der Waals surface area (Å²) in [7, 11) is 0. The zero-order valence-electron chi connectivity index (χ0n) is 15.9. The summed E-state index contributed by atoms with van der Waals surface area (Å²) in [5, 5.41) is 0. The highest BCUT2D eigenvalue weighted by Crippen LogP contribution is 2.35. The van der Waals surface area contributed by atoms with Crippen LogP contribution in [0.3, 0.4) is 0 Å². The van der Waals surface area contributed by atoms with Gasteiger partial charge in [0.1, 0.15) is 0 Å². The molecule has 0 N–H and O–H groups in total. The first kappa shape index (κ1) is 18.3. The molecule has 0 saturated heterocycles. The van der Waals surface area contributed by atoms with Gasteiger partial charge in [0.05, 0.1) is 12.3 Å². The second-order valence-electron chi connectivity index (χ2n) is 6.64. The Balaban J connectivity index is 2.09. The molecule has 26 heavy (non-hydrogen) atoms. The van der Waals surface area contributed by atoms with Gasteiger partial charge in [-0.1, -0.05) is 74.7 Å². The highest BCUT2D eigenvalue weighted by atomic mass is 16.5. The van der Waals surface area contributed by atoms with Crippen LogP contribution in [0.4, 0.5) is 0 Å². The maximum atomic E-state index is 6.02. The number of aromatic nitrogens is 1. The fourth-order valence-electron chi connectivity index (χ4n) is 3.47. The van der Waals surface area contributed by atoms with E-state index in [0.717, 1.165) is 18.0 Å². The van der Waals surface area contributed by atoms with E-state index in [4.69, 9.17) is 4.74 Å². The molecule has 0 bridgehead atoms. The first-order chi connectivity index (χ1) is 12.8. The van der Waals surface area contributed by atoms with E-state index in [1.807, 2.05) is 6.92 Å². The molecule has 0 spiro atoms. The van der Waals surface area contributed by atoms with E-state index in [1.165, 1.54) is 42.5 Å². The van der Waals surface area contributed by atoms with Crippen LogP contribution in [0.2, 0.25) is 0 Å². The lowest BCUT2D eigenvalue weighted by Gasteiger charge is -2.15. The van der Waals surface area contributed by atoms with Gasteiger partial charge in [-0.3, -0.25) is 4.57 Å². The first-order valence-corrected chi connectivity index (χ1v) is 9.83. The van der Waals surface area contributed by atoms with Crippen molar-refractivity contribution in [2.45, 2.75) is 46.0 Å². The minimum Gasteiger partial charge on any atom is -0.479 e. The number of ether oxygens (including phenoxy) is 1. The molecule has 1 heterocycles. The van der Waals surface area contributed by atoms with Crippen LogP contribution < -0.4 is 4.74 Å². The Morgan fingerprint density at radius 2 is 1.50 bits per heavy atom. The molecular weight excluding hydrogens is 318 g/mol. The van der Waals surface area contributed by atoms with Crippen molar-refractivity contribution in [1.29, 1.82) is 0 Å². The van der Waals surface area contributed by atoms with Crippen LogP contribution in [-0.2, 0) is 6.42 Å². The fraction of sp³-hybridized carbons (Fsp3) is 0.333. The van der Waals surface area contributed by atoms with Crippen LogP contribution >= 0.6 is 0 Å². The molecule has 0 aliphatic heterocycles. The van der Waals surface area contributed by atoms with E-state index in [1.54, 1.807) is 0 Å². The molecule has 0 saturated carbocycles. The van der Waals surface area contributed by atoms with E-state index in [2.05, 4.69) is 78.2 Å². The van der Waals surface area contributed by atoms with Crippen molar-refractivity contribution >= 4 is 0 Å². The average molecular weight is 348 g/mol. The summed E-state index contributed by atoms with van der Waals surface area (Å²) in [5.74, 6) is 0.933. The minimum atomic E-state index is 0.667. The van der Waals surface area contributed by atoms with Crippen LogP contribution in [0, 0.1) is 0 Å². The third-order valence-electron chi connectivity index (χ3n) is 4.70. The maximum absolute atomic E-state index is 6.02. The van der Waals surface area contributed by atoms with Gasteiger partial charge in [-0.25, -0.2) is 0 Å². The Morgan fingerprint density at radius 1 is 0.808 bits per heavy atom. The number of benzene rings is 2. The number of unbranched alkanes of at least 4 members (excludes halogenated alkanes) is 3. The summed E-state index contributed by atoms with van der Waals surface area (Å²) in [4.78, 5) is 0. The molecule has 2 aromatic carbocycles. The molecule has 0 unspecified atom stereocenters. The van der Waals surface area contributed by atoms with Gasteiger partial charge in [-0.2, -0.15) is 0 Å². The number of nitrogens with zero attached hydrogens (tertiary/aromatic N) is 1. The summed E-state index contributed by atoms with van der Waals surface area (Å²) in [5.41, 5.74) is 5.03. The Morgan fingerprint density at radius 3 is 2.15 bits per heavy atom. The molecule has 0 radical (unpaired) electrons. The Hall–Kier alpha value is -2.48. The van der Waals surface area contributed by atoms with Crippen molar-refractivity contribution < 1.29 is 4.74 Å². The van der Waals surface area contributed by atoms with Gasteiger partial charge in [-0.05, 0) is 43.0 Å². The molecule has 0 amide bonds. The second kappa shape index (κ2) is 9.28. The van der Waals surface area contributed by atoms with E-state index in [9.17, 15) is 0 Å². The van der Waals surface area contributed by atoms with Crippen molar-refractivity contribution in [2.24, 2.45) is 0 Å². The van der Waals surface area contributed by atoms with Gasteiger partial charge >= 0.3 is 0 Å². The third kappa shape index (κ3) is 4.19. The van der Waals surface area contributed by atoms with Gasteiger partial charge < -0.3 is 4.74 Å². The first-order valence-electron chi connectivity index (χ1n) is 9.83. The van der Waals surface area contributed by atoms with Gasteiger partial charge in [0, 0.05) is 11.8 Å². The lowest BCUT2D eigenvalue weighted by Crippen LogP contribution is -2.03. The van der Waals surface area contributed by atoms with E-state index < -0.39 is 0 Å². The quantitative estimate of drug-likeness (QED) is 0.394. The highest BCUT2D eigenvalue weighted by Gasteiger charge is 2.18. The van der Waals surface area contributed by atoms with Crippen LogP contribution in [0.15, 0.2) is 66.7 Å². The zero-order valence-corrected chi connectivity index (χ0v) is 15.9. The standard InChI is InChI=1S/C24H29NO/c1-3-5-6-9-16-21-19-23(26-4-2)25(22-17-12-8-13-18-22)24(21)20-14-10-7-11-15-20/h7-8,10-15,17-19H,3-6,9,16H2,1-2H3. The monoisotopic (exact) mass is 347 g/mol. The predicted molar refractivity (Wildman–Crippen MR) is 110 cm³/mol. The van der Waals surface area contributed by atoms with Gasteiger partial charge in [-0.15, -0.1) is 0 Å². The summed E-state index contributed by atoms with van der Waals surface area (Å²) in [6.07, 6.45) is 6.16. The smallest absolute Gasteiger partial charge is 0.198 e. The molecule has 2 heteroatoms. The minimum absolute atomic E-state index is 0.667. The summed E-state index contributed by atoms with van der Waals surface area (Å²) in [6.45, 7) is 4.97. The molecule has 1 aromatic heterocycles. The Labute approximate surface area is 157 Å². The van der Waals surface area contributed by atoms with Crippen LogP contribution in [-0.4, -0.2) is 11.2 Å². The highest BCUT2D eigenvalue weighted by molar-refractivity contribution is 5.69. The normalized spacial score (nSPS) is 10.8. The van der Waals surface area contributed by atoms with Crippen molar-refractivity contribution in [3.05, 3.63) is 72.3 Å². The molecule has 2 nitrogen and oxygen atoms in total. The molecule has 3 rings (SSSR count). The second-order valence-corrected chi connectivity index (χ2v) is 6.64. The zero-order chi connectivity index (χ0) is 18.2. The maximum Gasteiger partial charge on any atom is 0.198 e. The van der Waals surface area contributed by atoms with E-state index in [-0.39, 0.29) is 0 Å². The number of para-hydroxylation sites is 1. The van der Waals surface area contributed by atoms with Gasteiger partial charge in [0.25, 0.3) is 0 Å². The Bertz CT molecular complexity index is 790. The van der Waals surface area contributed by atoms with Crippen LogP contribution in [0.25, 0.3) is 16.9 Å². The Kier molecular flexibility index (Phi) is 6.54. The molecule has 0 aliphatic carbocycles. The largest absolute Gasteiger partial charge is 0.479 e. The van der Waals surface area contributed by atoms with Gasteiger partial charge in [0.15, 0.2) is 5.88 Å². The van der Waals surface area contributed by atoms with E-state index in [0.29, 0.717) is 6.61 Å². The van der Waals surface area contributed by atoms with Crippen molar-refractivity contribution in [2.75, 3.05) is 6.61 Å². The molecule has 0 atom stereocenters. The molecule has 0 fully saturated rings. The summed E-state index contributed by atoms with van der Waals surface area (Å²) < 4.78 is 8.30. The fourth-order valence-corrected chi connectivity index (χ4v) is 3.47. The van der Waals surface area contributed by atoms with Crippen molar-refractivity contribution in [3.63, 3.8) is 0 Å². The van der Waals surface area contributed by atoms with Crippen LogP contribution in [0.5, 0.6) is 5.88 Å². The molecule has 136 valence electrons. The average Bonchev–Trinajstić information content (AvgIpc) is 3.05. The number of rotatable bonds is 9. The molecule has 3 aromatic rings. The third-order valence-corrected chi connectivity index (χ3v) is 4.70. The van der Waals surface area contributed by atoms with Crippen molar-refractivity contribution in [3.8, 4) is 22.8 Å². The lowest BCUT2D eigenvalue weighted by molar-refractivity contribution is 0.321. The number of aryl methyl sites for hydroxylation is 1. The summed E-state index contributed by atoms with van der Waals surface area (Å²) >= 11 is 0. The SMILES string of the molecule is CCCCCCc1cc(OCC)n(-c2ccccc2)c1-c1ccccc1. The lowest BCUT2D eigenvalue weighted by atomic mass is 10.0. The van der Waals surface area contributed by atoms with E-state index >= 15 is 0 Å². The number of hydrogen-bond donors (Lipinski definition) is 0. The summed E-state index contributed by atoms with van der Waals surface area (Å²) in [6, 6.07) is 23.4. The van der Waals surface area contributed by atoms with Crippen molar-refractivity contribution in [1.82, 2.24) is 4.57 Å². The molecule has 0 aliphatic rings. The number of hydrogen-bond acceptors (Lipinski definition) is 1. The topological polar surface area (TPSA) is 14.2 Å². The van der Waals surface area contributed by atoms with Crippen LogP contribution in [0.1, 0.15) is 45.1 Å². The molecular formula is C24H29NO. The predicted octanol–water partition coefficient (Wildman–Crippen LogP) is 6.67.